The molecular formula is C15H17ClN2O2S. The number of benzene rings is 1. The van der Waals surface area contributed by atoms with Crippen LogP contribution in [0.1, 0.15) is 29.7 Å². The Labute approximate surface area is 130 Å². The minimum absolute atomic E-state index is 0.111. The van der Waals surface area contributed by atoms with Crippen molar-refractivity contribution in [3.05, 3.63) is 58.4 Å². The zero-order chi connectivity index (χ0) is 15.6. The van der Waals surface area contributed by atoms with Crippen LogP contribution < -0.4 is 4.72 Å². The standard InChI is InChI=1S/C15H17ClN2O2S/c1-10-4-5-11(2)14(8-10)12(3)18-21(19,20)13-6-7-17-15(16)9-13/h4-9,12,18H,1-3H3. The van der Waals surface area contributed by atoms with Crippen LogP contribution in [0.2, 0.25) is 5.15 Å². The highest BCUT2D eigenvalue weighted by molar-refractivity contribution is 7.89. The van der Waals surface area contributed by atoms with E-state index in [1.54, 1.807) is 0 Å². The largest absolute Gasteiger partial charge is 0.244 e. The van der Waals surface area contributed by atoms with Crippen molar-refractivity contribution < 1.29 is 8.42 Å². The summed E-state index contributed by atoms with van der Waals surface area (Å²) in [6.07, 6.45) is 1.37. The van der Waals surface area contributed by atoms with Crippen LogP contribution in [0.5, 0.6) is 0 Å². The van der Waals surface area contributed by atoms with Crippen LogP contribution in [0.3, 0.4) is 0 Å². The molecule has 0 saturated carbocycles. The number of nitrogens with zero attached hydrogens (tertiary/aromatic N) is 1. The van der Waals surface area contributed by atoms with Gasteiger partial charge in [0, 0.05) is 12.2 Å². The molecule has 0 amide bonds. The van der Waals surface area contributed by atoms with Crippen molar-refractivity contribution in [1.29, 1.82) is 0 Å². The van der Waals surface area contributed by atoms with E-state index in [0.717, 1.165) is 16.7 Å². The Balaban J connectivity index is 2.30. The molecule has 0 spiro atoms. The summed E-state index contributed by atoms with van der Waals surface area (Å²) in [4.78, 5) is 3.90. The van der Waals surface area contributed by atoms with E-state index >= 15 is 0 Å². The second kappa shape index (κ2) is 6.13. The number of aromatic nitrogens is 1. The number of rotatable bonds is 4. The first-order chi connectivity index (χ1) is 9.79. The highest BCUT2D eigenvalue weighted by Gasteiger charge is 2.19. The second-order valence-corrected chi connectivity index (χ2v) is 7.12. The zero-order valence-electron chi connectivity index (χ0n) is 12.1. The summed E-state index contributed by atoms with van der Waals surface area (Å²) in [6.45, 7) is 5.76. The Morgan fingerprint density at radius 2 is 1.90 bits per heavy atom. The van der Waals surface area contributed by atoms with E-state index < -0.39 is 10.0 Å². The second-order valence-electron chi connectivity index (χ2n) is 5.02. The van der Waals surface area contributed by atoms with Crippen molar-refractivity contribution in [2.24, 2.45) is 0 Å². The Bertz CT molecular complexity index is 760. The summed E-state index contributed by atoms with van der Waals surface area (Å²) in [5, 5.41) is 0.150. The highest BCUT2D eigenvalue weighted by Crippen LogP contribution is 2.22. The van der Waals surface area contributed by atoms with E-state index in [2.05, 4.69) is 9.71 Å². The molecule has 21 heavy (non-hydrogen) atoms. The molecule has 0 aliphatic carbocycles. The fourth-order valence-corrected chi connectivity index (χ4v) is 3.62. The smallest absolute Gasteiger partial charge is 0.241 e. The van der Waals surface area contributed by atoms with E-state index in [4.69, 9.17) is 11.6 Å². The van der Waals surface area contributed by atoms with Gasteiger partial charge in [-0.3, -0.25) is 0 Å². The third kappa shape index (κ3) is 3.81. The molecule has 1 atom stereocenters. The normalized spacial score (nSPS) is 13.1. The van der Waals surface area contributed by atoms with Gasteiger partial charge in [0.05, 0.1) is 4.90 Å². The Kier molecular flexibility index (Phi) is 4.66. The molecule has 1 N–H and O–H groups in total. The van der Waals surface area contributed by atoms with Gasteiger partial charge in [-0.25, -0.2) is 18.1 Å². The predicted molar refractivity (Wildman–Crippen MR) is 83.9 cm³/mol. The molecule has 4 nitrogen and oxygen atoms in total. The number of pyridine rings is 1. The number of halogens is 1. The third-order valence-corrected chi connectivity index (χ3v) is 4.99. The summed E-state index contributed by atoms with van der Waals surface area (Å²) >= 11 is 5.75. The maximum absolute atomic E-state index is 12.4. The van der Waals surface area contributed by atoms with Gasteiger partial charge in [0.25, 0.3) is 0 Å². The van der Waals surface area contributed by atoms with Crippen LogP contribution in [0.4, 0.5) is 0 Å². The topological polar surface area (TPSA) is 59.1 Å². The minimum atomic E-state index is -3.63. The molecular weight excluding hydrogens is 308 g/mol. The molecule has 0 aliphatic rings. The molecule has 0 aliphatic heterocycles. The lowest BCUT2D eigenvalue weighted by molar-refractivity contribution is 0.566. The van der Waals surface area contributed by atoms with Crippen molar-refractivity contribution in [3.8, 4) is 0 Å². The van der Waals surface area contributed by atoms with Gasteiger partial charge in [-0.2, -0.15) is 0 Å². The van der Waals surface area contributed by atoms with Crippen LogP contribution in [-0.4, -0.2) is 13.4 Å². The number of hydrogen-bond acceptors (Lipinski definition) is 3. The molecule has 112 valence electrons. The number of nitrogens with one attached hydrogen (secondary N) is 1. The van der Waals surface area contributed by atoms with Crippen molar-refractivity contribution in [2.75, 3.05) is 0 Å². The molecule has 1 aromatic carbocycles. The first-order valence-electron chi connectivity index (χ1n) is 6.50. The van der Waals surface area contributed by atoms with Gasteiger partial charge in [0.1, 0.15) is 5.15 Å². The first-order valence-corrected chi connectivity index (χ1v) is 8.37. The Hall–Kier alpha value is -1.43. The average molecular weight is 325 g/mol. The maximum Gasteiger partial charge on any atom is 0.241 e. The summed E-state index contributed by atoms with van der Waals surface area (Å²) in [5.74, 6) is 0. The van der Waals surface area contributed by atoms with Gasteiger partial charge in [-0.05, 0) is 44.0 Å². The van der Waals surface area contributed by atoms with E-state index in [1.165, 1.54) is 18.3 Å². The maximum atomic E-state index is 12.4. The van der Waals surface area contributed by atoms with Crippen molar-refractivity contribution in [2.45, 2.75) is 31.7 Å². The lowest BCUT2D eigenvalue weighted by atomic mass is 10.0. The van der Waals surface area contributed by atoms with E-state index in [-0.39, 0.29) is 16.1 Å². The third-order valence-electron chi connectivity index (χ3n) is 3.24. The zero-order valence-corrected chi connectivity index (χ0v) is 13.7. The van der Waals surface area contributed by atoms with E-state index in [1.807, 2.05) is 39.0 Å². The minimum Gasteiger partial charge on any atom is -0.244 e. The molecule has 0 bridgehead atoms. The van der Waals surface area contributed by atoms with Gasteiger partial charge in [-0.1, -0.05) is 35.4 Å². The number of sulfonamides is 1. The lowest BCUT2D eigenvalue weighted by Gasteiger charge is -2.17. The van der Waals surface area contributed by atoms with Crippen LogP contribution in [0, 0.1) is 13.8 Å². The number of hydrogen-bond donors (Lipinski definition) is 1. The van der Waals surface area contributed by atoms with Gasteiger partial charge in [0.2, 0.25) is 10.0 Å². The quantitative estimate of drug-likeness (QED) is 0.877. The fourth-order valence-electron chi connectivity index (χ4n) is 2.14. The van der Waals surface area contributed by atoms with Crippen molar-refractivity contribution >= 4 is 21.6 Å². The van der Waals surface area contributed by atoms with Gasteiger partial charge in [0.15, 0.2) is 0 Å². The monoisotopic (exact) mass is 324 g/mol. The first kappa shape index (κ1) is 15.9. The summed E-state index contributed by atoms with van der Waals surface area (Å²) < 4.78 is 27.4. The molecule has 0 radical (unpaired) electrons. The summed E-state index contributed by atoms with van der Waals surface area (Å²) in [6, 6.07) is 8.40. The van der Waals surface area contributed by atoms with Gasteiger partial charge < -0.3 is 0 Å². The molecule has 1 heterocycles. The molecule has 6 heteroatoms. The van der Waals surface area contributed by atoms with Crippen LogP contribution >= 0.6 is 11.6 Å². The SMILES string of the molecule is Cc1ccc(C)c(C(C)NS(=O)(=O)c2ccnc(Cl)c2)c1. The lowest BCUT2D eigenvalue weighted by Crippen LogP contribution is -2.27. The van der Waals surface area contributed by atoms with Crippen LogP contribution in [0.15, 0.2) is 41.4 Å². The molecule has 0 fully saturated rings. The van der Waals surface area contributed by atoms with Crippen molar-refractivity contribution in [1.82, 2.24) is 9.71 Å². The Morgan fingerprint density at radius 1 is 1.19 bits per heavy atom. The molecule has 2 aromatic rings. The highest BCUT2D eigenvalue weighted by atomic mass is 35.5. The number of aryl methyl sites for hydroxylation is 2. The van der Waals surface area contributed by atoms with Crippen molar-refractivity contribution in [3.63, 3.8) is 0 Å². The summed E-state index contributed by atoms with van der Waals surface area (Å²) in [5.41, 5.74) is 3.09. The van der Waals surface area contributed by atoms with E-state index in [0.29, 0.717) is 0 Å². The van der Waals surface area contributed by atoms with Gasteiger partial charge >= 0.3 is 0 Å². The molecule has 0 saturated heterocycles. The summed E-state index contributed by atoms with van der Waals surface area (Å²) in [7, 11) is -3.63. The molecule has 1 aromatic heterocycles. The Morgan fingerprint density at radius 3 is 2.57 bits per heavy atom. The van der Waals surface area contributed by atoms with Gasteiger partial charge in [-0.15, -0.1) is 0 Å². The van der Waals surface area contributed by atoms with Crippen LogP contribution in [0.25, 0.3) is 0 Å². The van der Waals surface area contributed by atoms with Crippen LogP contribution in [-0.2, 0) is 10.0 Å². The van der Waals surface area contributed by atoms with E-state index in [9.17, 15) is 8.42 Å². The average Bonchev–Trinajstić information content (AvgIpc) is 2.41. The molecule has 2 rings (SSSR count). The fraction of sp³-hybridized carbons (Fsp3) is 0.267. The molecule has 1 unspecified atom stereocenters. The predicted octanol–water partition coefficient (Wildman–Crippen LogP) is 3.39.